The molecule has 0 unspecified atom stereocenters. The van der Waals surface area contributed by atoms with E-state index >= 15 is 0 Å². The maximum atomic E-state index is 5.12. The number of benzene rings is 6. The lowest BCUT2D eigenvalue weighted by Crippen LogP contribution is -1.97. The van der Waals surface area contributed by atoms with Gasteiger partial charge in [0.25, 0.3) is 5.95 Å². The van der Waals surface area contributed by atoms with Crippen LogP contribution in [-0.2, 0) is 0 Å². The first-order valence-corrected chi connectivity index (χ1v) is 15.9. The molecule has 0 saturated carbocycles. The lowest BCUT2D eigenvalue weighted by Gasteiger charge is -2.08. The predicted octanol–water partition coefficient (Wildman–Crippen LogP) is 10.3. The van der Waals surface area contributed by atoms with Crippen molar-refractivity contribution in [2.45, 2.75) is 0 Å². The zero-order chi connectivity index (χ0) is 30.9. The number of pyridine rings is 1. The van der Waals surface area contributed by atoms with Crippen molar-refractivity contribution in [3.05, 3.63) is 164 Å². The maximum Gasteiger partial charge on any atom is 0.254 e. The molecule has 4 aromatic heterocycles. The lowest BCUT2D eigenvalue weighted by atomic mass is 10.0. The maximum absolute atomic E-state index is 5.12. The van der Waals surface area contributed by atoms with E-state index in [9.17, 15) is 0 Å². The van der Waals surface area contributed by atoms with Gasteiger partial charge in [0.15, 0.2) is 5.65 Å². The van der Waals surface area contributed by atoms with Crippen LogP contribution in [0.5, 0.6) is 0 Å². The largest absolute Gasteiger partial charge is 0.309 e. The Kier molecular flexibility index (Phi) is 5.51. The number of aromatic nitrogens is 5. The summed E-state index contributed by atoms with van der Waals surface area (Å²) in [5.41, 5.74) is 11.1. The van der Waals surface area contributed by atoms with E-state index in [-0.39, 0.29) is 0 Å². The molecule has 47 heavy (non-hydrogen) atoms. The van der Waals surface area contributed by atoms with Crippen LogP contribution < -0.4 is 0 Å². The molecule has 0 saturated heterocycles. The van der Waals surface area contributed by atoms with E-state index in [0.717, 1.165) is 33.5 Å². The molecule has 0 atom stereocenters. The Morgan fingerprint density at radius 1 is 0.404 bits per heavy atom. The number of para-hydroxylation sites is 3. The van der Waals surface area contributed by atoms with Crippen molar-refractivity contribution in [3.63, 3.8) is 0 Å². The zero-order valence-electron chi connectivity index (χ0n) is 25.3. The summed E-state index contributed by atoms with van der Waals surface area (Å²) in [5.74, 6) is 0.655. The van der Waals surface area contributed by atoms with Crippen molar-refractivity contribution in [2.75, 3.05) is 0 Å². The van der Waals surface area contributed by atoms with Gasteiger partial charge in [0.1, 0.15) is 0 Å². The average molecular weight is 602 g/mol. The minimum Gasteiger partial charge on any atom is -0.309 e. The van der Waals surface area contributed by atoms with E-state index in [2.05, 4.69) is 155 Å². The van der Waals surface area contributed by atoms with Crippen LogP contribution >= 0.6 is 0 Å². The normalized spacial score (nSPS) is 11.8. The summed E-state index contributed by atoms with van der Waals surface area (Å²) in [6.07, 6.45) is 1.97. The summed E-state index contributed by atoms with van der Waals surface area (Å²) in [7, 11) is 0. The topological polar surface area (TPSA) is 40.0 Å². The molecule has 0 spiro atoms. The van der Waals surface area contributed by atoms with Gasteiger partial charge in [-0.2, -0.15) is 4.98 Å². The fourth-order valence-electron chi connectivity index (χ4n) is 7.21. The number of hydrogen-bond acceptors (Lipinski definition) is 2. The van der Waals surface area contributed by atoms with Crippen molar-refractivity contribution in [1.29, 1.82) is 0 Å². The molecule has 0 N–H and O–H groups in total. The molecular weight excluding hydrogens is 574 g/mol. The van der Waals surface area contributed by atoms with Crippen molar-refractivity contribution < 1.29 is 0 Å². The predicted molar refractivity (Wildman–Crippen MR) is 193 cm³/mol. The third-order valence-electron chi connectivity index (χ3n) is 9.33. The van der Waals surface area contributed by atoms with Crippen molar-refractivity contribution in [1.82, 2.24) is 23.7 Å². The molecule has 4 heterocycles. The fourth-order valence-corrected chi connectivity index (χ4v) is 7.21. The third kappa shape index (κ3) is 3.90. The lowest BCUT2D eigenvalue weighted by molar-refractivity contribution is 0.916. The van der Waals surface area contributed by atoms with Gasteiger partial charge in [0.2, 0.25) is 0 Å². The Balaban J connectivity index is 1.16. The number of hydrogen-bond donors (Lipinski definition) is 0. The molecule has 10 aromatic rings. The van der Waals surface area contributed by atoms with E-state index in [0.29, 0.717) is 5.95 Å². The second kappa shape index (κ2) is 10.0. The summed E-state index contributed by atoms with van der Waals surface area (Å²) in [4.78, 5) is 5.12. The standard InChI is InChI=1S/C42H27N5/c1-3-12-28(13-4-1)32-18-11-25-45-41(32)43-42(44-45)47-38-20-10-8-17-34(38)36-27-30(22-24-40(36)47)29-21-23-39-35(26-29)33-16-7-9-19-37(33)46(39)31-14-5-2-6-15-31/h1-27H. The van der Waals surface area contributed by atoms with Crippen LogP contribution in [0.15, 0.2) is 164 Å². The van der Waals surface area contributed by atoms with Gasteiger partial charge in [-0.3, -0.25) is 4.57 Å². The molecule has 0 aliphatic carbocycles. The molecule has 220 valence electrons. The van der Waals surface area contributed by atoms with Crippen LogP contribution in [0, 0.1) is 0 Å². The fraction of sp³-hybridized carbons (Fsp3) is 0. The van der Waals surface area contributed by atoms with Crippen LogP contribution in [0.25, 0.3) is 83.1 Å². The Bertz CT molecular complexity index is 2780. The third-order valence-corrected chi connectivity index (χ3v) is 9.33. The summed E-state index contributed by atoms with van der Waals surface area (Å²) >= 11 is 0. The highest BCUT2D eigenvalue weighted by molar-refractivity contribution is 6.12. The van der Waals surface area contributed by atoms with E-state index in [1.165, 1.54) is 43.7 Å². The molecule has 10 rings (SSSR count). The Labute approximate surface area is 270 Å². The molecule has 5 heteroatoms. The summed E-state index contributed by atoms with van der Waals surface area (Å²) < 4.78 is 6.43. The van der Waals surface area contributed by atoms with E-state index in [4.69, 9.17) is 10.1 Å². The Morgan fingerprint density at radius 2 is 0.957 bits per heavy atom. The van der Waals surface area contributed by atoms with Crippen LogP contribution in [0.3, 0.4) is 0 Å². The molecule has 0 aliphatic heterocycles. The second-order valence-corrected chi connectivity index (χ2v) is 12.0. The highest BCUT2D eigenvalue weighted by Gasteiger charge is 2.19. The minimum absolute atomic E-state index is 0.655. The van der Waals surface area contributed by atoms with Gasteiger partial charge in [-0.05, 0) is 77.4 Å². The van der Waals surface area contributed by atoms with E-state index in [1.807, 2.05) is 22.8 Å². The summed E-state index contributed by atoms with van der Waals surface area (Å²) in [6.45, 7) is 0. The van der Waals surface area contributed by atoms with Crippen molar-refractivity contribution >= 4 is 49.3 Å². The molecular formula is C42H27N5. The number of nitrogens with zero attached hydrogens (tertiary/aromatic N) is 5. The average Bonchev–Trinajstić information content (AvgIpc) is 3.82. The first-order valence-electron chi connectivity index (χ1n) is 15.9. The van der Waals surface area contributed by atoms with Crippen molar-refractivity contribution in [2.24, 2.45) is 0 Å². The van der Waals surface area contributed by atoms with Gasteiger partial charge in [0, 0.05) is 39.0 Å². The van der Waals surface area contributed by atoms with Gasteiger partial charge in [-0.25, -0.2) is 4.52 Å². The highest BCUT2D eigenvalue weighted by Crippen LogP contribution is 2.38. The zero-order valence-corrected chi connectivity index (χ0v) is 25.3. The van der Waals surface area contributed by atoms with Crippen LogP contribution in [-0.4, -0.2) is 23.7 Å². The van der Waals surface area contributed by atoms with Gasteiger partial charge in [0.05, 0.1) is 22.1 Å². The summed E-state index contributed by atoms with van der Waals surface area (Å²) in [5, 5.41) is 9.82. The van der Waals surface area contributed by atoms with Crippen molar-refractivity contribution in [3.8, 4) is 33.9 Å². The molecule has 0 amide bonds. The second-order valence-electron chi connectivity index (χ2n) is 12.0. The molecule has 6 aromatic carbocycles. The summed E-state index contributed by atoms with van der Waals surface area (Å²) in [6, 6.07) is 55.9. The van der Waals surface area contributed by atoms with Gasteiger partial charge in [-0.15, -0.1) is 5.10 Å². The molecule has 5 nitrogen and oxygen atoms in total. The Morgan fingerprint density at radius 3 is 1.64 bits per heavy atom. The van der Waals surface area contributed by atoms with Gasteiger partial charge in [-0.1, -0.05) is 97.1 Å². The molecule has 0 aliphatic rings. The quantitative estimate of drug-likeness (QED) is 0.201. The molecule has 0 fully saturated rings. The van der Waals surface area contributed by atoms with Gasteiger partial charge < -0.3 is 4.57 Å². The van der Waals surface area contributed by atoms with E-state index in [1.54, 1.807) is 0 Å². The monoisotopic (exact) mass is 601 g/mol. The van der Waals surface area contributed by atoms with Crippen LogP contribution in [0.1, 0.15) is 0 Å². The Hall–Kier alpha value is -6.46. The first kappa shape index (κ1) is 25.8. The highest BCUT2D eigenvalue weighted by atomic mass is 15.4. The van der Waals surface area contributed by atoms with Gasteiger partial charge >= 0.3 is 0 Å². The molecule has 0 bridgehead atoms. The smallest absolute Gasteiger partial charge is 0.254 e. The SMILES string of the molecule is c1ccc(-c2cccn3nc(-n4c5ccccc5c5cc(-c6ccc7c(c6)c6ccccc6n7-c6ccccc6)ccc54)nc23)cc1. The minimum atomic E-state index is 0.655. The number of fused-ring (bicyclic) bond motifs is 7. The van der Waals surface area contributed by atoms with Crippen LogP contribution in [0.4, 0.5) is 0 Å². The first-order chi connectivity index (χ1) is 23.3. The molecule has 0 radical (unpaired) electrons. The van der Waals surface area contributed by atoms with E-state index < -0.39 is 0 Å². The van der Waals surface area contributed by atoms with Crippen LogP contribution in [0.2, 0.25) is 0 Å². The number of rotatable bonds is 4.